The van der Waals surface area contributed by atoms with E-state index >= 15 is 0 Å². The third-order valence-electron chi connectivity index (χ3n) is 3.81. The number of nitrogens with zero attached hydrogens (tertiary/aromatic N) is 3. The smallest absolute Gasteiger partial charge is 0.339 e. The van der Waals surface area contributed by atoms with E-state index in [1.165, 1.54) is 11.0 Å². The molecule has 0 aliphatic carbocycles. The van der Waals surface area contributed by atoms with Crippen molar-refractivity contribution in [2.24, 2.45) is 5.92 Å². The van der Waals surface area contributed by atoms with Crippen molar-refractivity contribution in [3.63, 3.8) is 0 Å². The van der Waals surface area contributed by atoms with E-state index in [0.717, 1.165) is 12.2 Å². The second-order valence-corrected chi connectivity index (χ2v) is 6.37. The van der Waals surface area contributed by atoms with Gasteiger partial charge in [0.15, 0.2) is 0 Å². The summed E-state index contributed by atoms with van der Waals surface area (Å²) in [6.07, 6.45) is 1.58. The second-order valence-electron chi connectivity index (χ2n) is 6.37. The van der Waals surface area contributed by atoms with Gasteiger partial charge in [0, 0.05) is 19.3 Å². The minimum absolute atomic E-state index is 0.117. The van der Waals surface area contributed by atoms with Crippen molar-refractivity contribution < 1.29 is 19.1 Å². The lowest BCUT2D eigenvalue weighted by atomic mass is 10.2. The minimum Gasteiger partial charge on any atom is -0.478 e. The molecule has 130 valence electrons. The average Bonchev–Trinajstić information content (AvgIpc) is 3.02. The van der Waals surface area contributed by atoms with Crippen molar-refractivity contribution in [3.8, 4) is 0 Å². The van der Waals surface area contributed by atoms with Gasteiger partial charge in [0.25, 0.3) is 5.91 Å². The number of furan rings is 1. The lowest BCUT2D eigenvalue weighted by molar-refractivity contribution is 0.0694. The highest BCUT2D eigenvalue weighted by molar-refractivity contribution is 5.95. The summed E-state index contributed by atoms with van der Waals surface area (Å²) in [7, 11) is 1.65. The Morgan fingerprint density at radius 1 is 1.33 bits per heavy atom. The maximum absolute atomic E-state index is 12.6. The monoisotopic (exact) mass is 333 g/mol. The standard InChI is InChI=1S/C17H23N3O4/c1-10(2)8-20-11(3)15(7-18-20)16(21)19(5)9-13-6-14(17(22)23)12(4)24-13/h6-7,10H,8-9H2,1-5H3,(H,22,23). The van der Waals surface area contributed by atoms with E-state index in [9.17, 15) is 9.59 Å². The summed E-state index contributed by atoms with van der Waals surface area (Å²) in [4.78, 5) is 25.2. The van der Waals surface area contributed by atoms with Gasteiger partial charge in [-0.1, -0.05) is 13.8 Å². The van der Waals surface area contributed by atoms with Gasteiger partial charge in [-0.2, -0.15) is 5.10 Å². The van der Waals surface area contributed by atoms with Crippen molar-refractivity contribution >= 4 is 11.9 Å². The summed E-state index contributed by atoms with van der Waals surface area (Å²) in [6, 6.07) is 1.45. The molecule has 0 saturated heterocycles. The van der Waals surface area contributed by atoms with E-state index < -0.39 is 5.97 Å². The van der Waals surface area contributed by atoms with Crippen molar-refractivity contribution in [2.45, 2.75) is 40.8 Å². The summed E-state index contributed by atoms with van der Waals surface area (Å²) in [5.74, 6) is -0.00667. The van der Waals surface area contributed by atoms with Gasteiger partial charge in [0.2, 0.25) is 0 Å². The molecule has 0 aliphatic heterocycles. The number of hydrogen-bond donors (Lipinski definition) is 1. The summed E-state index contributed by atoms with van der Waals surface area (Å²) in [5.41, 5.74) is 1.48. The topological polar surface area (TPSA) is 88.6 Å². The Morgan fingerprint density at radius 3 is 2.54 bits per heavy atom. The zero-order chi connectivity index (χ0) is 18.0. The molecule has 2 heterocycles. The normalized spacial score (nSPS) is 11.1. The first-order valence-corrected chi connectivity index (χ1v) is 7.81. The highest BCUT2D eigenvalue weighted by atomic mass is 16.4. The zero-order valence-corrected chi connectivity index (χ0v) is 14.7. The molecule has 0 fully saturated rings. The second kappa shape index (κ2) is 6.90. The Kier molecular flexibility index (Phi) is 5.11. The van der Waals surface area contributed by atoms with E-state index in [-0.39, 0.29) is 18.0 Å². The number of carboxylic acid groups (broad SMARTS) is 1. The van der Waals surface area contributed by atoms with Gasteiger partial charge in [-0.05, 0) is 25.8 Å². The number of amides is 1. The molecule has 7 heteroatoms. The van der Waals surface area contributed by atoms with Crippen molar-refractivity contribution in [2.75, 3.05) is 7.05 Å². The molecular formula is C17H23N3O4. The molecule has 1 amide bonds. The Bertz CT molecular complexity index is 758. The van der Waals surface area contributed by atoms with Crippen LogP contribution in [0.15, 0.2) is 16.7 Å². The maximum Gasteiger partial charge on any atom is 0.339 e. The van der Waals surface area contributed by atoms with Crippen LogP contribution in [-0.2, 0) is 13.1 Å². The molecule has 7 nitrogen and oxygen atoms in total. The average molecular weight is 333 g/mol. The Hall–Kier alpha value is -2.57. The van der Waals surface area contributed by atoms with Crippen LogP contribution in [0.4, 0.5) is 0 Å². The van der Waals surface area contributed by atoms with Crippen molar-refractivity contribution in [3.05, 3.63) is 40.6 Å². The number of hydrogen-bond acceptors (Lipinski definition) is 4. The van der Waals surface area contributed by atoms with Crippen LogP contribution >= 0.6 is 0 Å². The van der Waals surface area contributed by atoms with Gasteiger partial charge in [0.1, 0.15) is 17.1 Å². The molecule has 0 bridgehead atoms. The van der Waals surface area contributed by atoms with E-state index in [2.05, 4.69) is 18.9 Å². The highest BCUT2D eigenvalue weighted by Gasteiger charge is 2.21. The fraction of sp³-hybridized carbons (Fsp3) is 0.471. The van der Waals surface area contributed by atoms with Crippen LogP contribution in [-0.4, -0.2) is 38.7 Å². The molecule has 0 radical (unpaired) electrons. The van der Waals surface area contributed by atoms with Gasteiger partial charge >= 0.3 is 5.97 Å². The fourth-order valence-electron chi connectivity index (χ4n) is 2.53. The van der Waals surface area contributed by atoms with Crippen LogP contribution in [0.3, 0.4) is 0 Å². The Morgan fingerprint density at radius 2 is 2.00 bits per heavy atom. The molecule has 0 saturated carbocycles. The van der Waals surface area contributed by atoms with E-state index in [4.69, 9.17) is 9.52 Å². The van der Waals surface area contributed by atoms with Crippen LogP contribution in [0.1, 0.15) is 51.8 Å². The van der Waals surface area contributed by atoms with Gasteiger partial charge in [0.05, 0.1) is 18.3 Å². The number of carbonyl (C=O) groups is 2. The van der Waals surface area contributed by atoms with Gasteiger partial charge in [-0.3, -0.25) is 9.48 Å². The summed E-state index contributed by atoms with van der Waals surface area (Å²) < 4.78 is 7.25. The van der Waals surface area contributed by atoms with Crippen LogP contribution in [0.2, 0.25) is 0 Å². The van der Waals surface area contributed by atoms with E-state index in [1.54, 1.807) is 20.2 Å². The molecule has 2 aromatic rings. The molecule has 0 unspecified atom stereocenters. The molecular weight excluding hydrogens is 310 g/mol. The zero-order valence-electron chi connectivity index (χ0n) is 14.7. The summed E-state index contributed by atoms with van der Waals surface area (Å²) in [5, 5.41) is 13.3. The number of carboxylic acids is 1. The molecule has 1 N–H and O–H groups in total. The Balaban J connectivity index is 2.14. The lowest BCUT2D eigenvalue weighted by Crippen LogP contribution is -2.26. The molecule has 0 atom stereocenters. The predicted molar refractivity (Wildman–Crippen MR) is 88.0 cm³/mol. The number of carbonyl (C=O) groups excluding carboxylic acids is 1. The predicted octanol–water partition coefficient (Wildman–Crippen LogP) is 2.72. The number of aromatic carboxylic acids is 1. The largest absolute Gasteiger partial charge is 0.478 e. The van der Waals surface area contributed by atoms with Crippen LogP contribution in [0.25, 0.3) is 0 Å². The van der Waals surface area contributed by atoms with Gasteiger partial charge in [-0.25, -0.2) is 4.79 Å². The number of aromatic nitrogens is 2. The fourth-order valence-corrected chi connectivity index (χ4v) is 2.53. The first-order chi connectivity index (χ1) is 11.2. The van der Waals surface area contributed by atoms with Crippen molar-refractivity contribution in [1.29, 1.82) is 0 Å². The third-order valence-corrected chi connectivity index (χ3v) is 3.81. The Labute approximate surface area is 140 Å². The van der Waals surface area contributed by atoms with Gasteiger partial charge < -0.3 is 14.4 Å². The van der Waals surface area contributed by atoms with E-state index in [1.807, 2.05) is 11.6 Å². The van der Waals surface area contributed by atoms with Gasteiger partial charge in [-0.15, -0.1) is 0 Å². The van der Waals surface area contributed by atoms with Crippen LogP contribution < -0.4 is 0 Å². The maximum atomic E-state index is 12.6. The van der Waals surface area contributed by atoms with Crippen molar-refractivity contribution in [1.82, 2.24) is 14.7 Å². The quantitative estimate of drug-likeness (QED) is 0.878. The van der Waals surface area contributed by atoms with E-state index in [0.29, 0.717) is 23.0 Å². The first-order valence-electron chi connectivity index (χ1n) is 7.81. The molecule has 2 rings (SSSR count). The first kappa shape index (κ1) is 17.8. The summed E-state index contributed by atoms with van der Waals surface area (Å²) >= 11 is 0. The molecule has 2 aromatic heterocycles. The highest BCUT2D eigenvalue weighted by Crippen LogP contribution is 2.18. The lowest BCUT2D eigenvalue weighted by Gasteiger charge is -2.15. The molecule has 0 spiro atoms. The SMILES string of the molecule is Cc1oc(CN(C)C(=O)c2cnn(CC(C)C)c2C)cc1C(=O)O. The molecule has 0 aromatic carbocycles. The minimum atomic E-state index is -1.04. The van der Waals surface area contributed by atoms with Crippen LogP contribution in [0, 0.1) is 19.8 Å². The summed E-state index contributed by atoms with van der Waals surface area (Å²) in [6.45, 7) is 8.59. The molecule has 24 heavy (non-hydrogen) atoms. The number of aryl methyl sites for hydroxylation is 1. The van der Waals surface area contributed by atoms with Crippen LogP contribution in [0.5, 0.6) is 0 Å². The molecule has 0 aliphatic rings. The number of rotatable bonds is 6. The third kappa shape index (κ3) is 3.67.